The van der Waals surface area contributed by atoms with Gasteiger partial charge in [0.05, 0.1) is 12.1 Å². The van der Waals surface area contributed by atoms with Gasteiger partial charge in [-0.05, 0) is 56.5 Å². The zero-order chi connectivity index (χ0) is 12.5. The number of hydrogen-bond donors (Lipinski definition) is 0. The molecule has 0 unspecified atom stereocenters. The Morgan fingerprint density at radius 1 is 1.35 bits per heavy atom. The Bertz CT molecular complexity index is 365. The van der Waals surface area contributed by atoms with E-state index in [9.17, 15) is 0 Å². The Morgan fingerprint density at radius 3 is 2.76 bits per heavy atom. The molecular weight excluding hydrogens is 214 g/mol. The minimum absolute atomic E-state index is 0.0414. The van der Waals surface area contributed by atoms with Crippen LogP contribution in [-0.4, -0.2) is 38.2 Å². The van der Waals surface area contributed by atoms with Gasteiger partial charge in [-0.1, -0.05) is 6.92 Å². The molecule has 2 rings (SSSR count). The first kappa shape index (κ1) is 12.5. The molecule has 0 N–H and O–H groups in total. The molecule has 0 aromatic carbocycles. The maximum Gasteiger partial charge on any atom is 0.165 e. The minimum atomic E-state index is -0.0414. The lowest BCUT2D eigenvalue weighted by atomic mass is 10.0. The molecule has 0 saturated carbocycles. The van der Waals surface area contributed by atoms with Gasteiger partial charge in [-0.2, -0.15) is 0 Å². The highest BCUT2D eigenvalue weighted by molar-refractivity contribution is 4.88. The summed E-state index contributed by atoms with van der Waals surface area (Å²) >= 11 is 0. The summed E-state index contributed by atoms with van der Waals surface area (Å²) in [5.74, 6) is 1.77. The van der Waals surface area contributed by atoms with E-state index in [0.29, 0.717) is 0 Å². The van der Waals surface area contributed by atoms with E-state index in [-0.39, 0.29) is 5.54 Å². The lowest BCUT2D eigenvalue weighted by Crippen LogP contribution is -2.36. The maximum atomic E-state index is 4.16. The van der Waals surface area contributed by atoms with Crippen LogP contribution < -0.4 is 0 Å². The Hall–Kier alpha value is -0.970. The number of rotatable bonds is 2. The van der Waals surface area contributed by atoms with Gasteiger partial charge in [0.25, 0.3) is 0 Å². The Balaban J connectivity index is 2.06. The van der Waals surface area contributed by atoms with Crippen LogP contribution in [0, 0.1) is 5.92 Å². The number of likely N-dealkylation sites (tertiary alicyclic amines) is 1. The Kier molecular flexibility index (Phi) is 3.47. The van der Waals surface area contributed by atoms with Crippen molar-refractivity contribution in [2.75, 3.05) is 13.1 Å². The zero-order valence-electron chi connectivity index (χ0n) is 11.3. The van der Waals surface area contributed by atoms with E-state index in [4.69, 9.17) is 0 Å². The molecule has 1 fully saturated rings. The summed E-state index contributed by atoms with van der Waals surface area (Å²) in [5.41, 5.74) is -0.0414. The first-order valence-electron chi connectivity index (χ1n) is 6.47. The molecule has 17 heavy (non-hydrogen) atoms. The summed E-state index contributed by atoms with van der Waals surface area (Å²) in [6, 6.07) is 0. The minimum Gasteiger partial charge on any atom is -0.296 e. The van der Waals surface area contributed by atoms with Gasteiger partial charge in [-0.3, -0.25) is 4.90 Å². The van der Waals surface area contributed by atoms with Crippen molar-refractivity contribution in [3.63, 3.8) is 0 Å². The van der Waals surface area contributed by atoms with E-state index in [0.717, 1.165) is 24.8 Å². The molecule has 0 bridgehead atoms. The molecule has 0 aliphatic carbocycles. The summed E-state index contributed by atoms with van der Waals surface area (Å²) in [4.78, 5) is 2.46. The summed E-state index contributed by atoms with van der Waals surface area (Å²) in [6.07, 6.45) is 2.64. The molecule has 1 saturated heterocycles. The van der Waals surface area contributed by atoms with Crippen LogP contribution in [0.1, 0.15) is 46.4 Å². The lowest BCUT2D eigenvalue weighted by molar-refractivity contribution is 0.166. The van der Waals surface area contributed by atoms with E-state index >= 15 is 0 Å². The third kappa shape index (κ3) is 3.03. The largest absolute Gasteiger partial charge is 0.296 e. The van der Waals surface area contributed by atoms with E-state index < -0.39 is 0 Å². The highest BCUT2D eigenvalue weighted by atomic mass is 15.6. The Morgan fingerprint density at radius 2 is 2.12 bits per heavy atom. The second-order valence-electron chi connectivity index (χ2n) is 6.16. The lowest BCUT2D eigenvalue weighted by Gasteiger charge is -2.31. The van der Waals surface area contributed by atoms with Crippen molar-refractivity contribution in [2.24, 2.45) is 5.92 Å². The first-order chi connectivity index (χ1) is 7.97. The van der Waals surface area contributed by atoms with E-state index in [1.54, 1.807) is 0 Å². The number of tetrazole rings is 1. The fourth-order valence-corrected chi connectivity index (χ4v) is 2.46. The van der Waals surface area contributed by atoms with Gasteiger partial charge >= 0.3 is 0 Å². The van der Waals surface area contributed by atoms with Crippen molar-refractivity contribution in [1.29, 1.82) is 0 Å². The van der Waals surface area contributed by atoms with Crippen LogP contribution in [0.3, 0.4) is 0 Å². The average Bonchev–Trinajstić information content (AvgIpc) is 2.65. The van der Waals surface area contributed by atoms with Gasteiger partial charge in [-0.15, -0.1) is 5.10 Å². The van der Waals surface area contributed by atoms with Crippen molar-refractivity contribution in [1.82, 2.24) is 25.1 Å². The van der Waals surface area contributed by atoms with Gasteiger partial charge in [0.15, 0.2) is 5.82 Å². The highest BCUT2D eigenvalue weighted by Crippen LogP contribution is 2.19. The quantitative estimate of drug-likeness (QED) is 0.785. The van der Waals surface area contributed by atoms with Crippen LogP contribution in [0.4, 0.5) is 0 Å². The van der Waals surface area contributed by atoms with Crippen LogP contribution in [-0.2, 0) is 12.1 Å². The molecule has 5 heteroatoms. The van der Waals surface area contributed by atoms with Gasteiger partial charge in [-0.25, -0.2) is 4.68 Å². The van der Waals surface area contributed by atoms with Crippen LogP contribution >= 0.6 is 0 Å². The Labute approximate surface area is 103 Å². The zero-order valence-corrected chi connectivity index (χ0v) is 11.3. The molecule has 1 atom stereocenters. The van der Waals surface area contributed by atoms with Crippen LogP contribution in [0.5, 0.6) is 0 Å². The highest BCUT2D eigenvalue weighted by Gasteiger charge is 2.23. The fourth-order valence-electron chi connectivity index (χ4n) is 2.46. The molecule has 0 radical (unpaired) electrons. The summed E-state index contributed by atoms with van der Waals surface area (Å²) in [5, 5.41) is 12.1. The molecule has 1 aromatic heterocycles. The van der Waals surface area contributed by atoms with Gasteiger partial charge in [0, 0.05) is 6.54 Å². The number of hydrogen-bond acceptors (Lipinski definition) is 4. The molecule has 0 amide bonds. The number of piperidine rings is 1. The fraction of sp³-hybridized carbons (Fsp3) is 0.917. The van der Waals surface area contributed by atoms with Crippen molar-refractivity contribution >= 4 is 0 Å². The van der Waals surface area contributed by atoms with Crippen molar-refractivity contribution in [3.8, 4) is 0 Å². The van der Waals surface area contributed by atoms with E-state index in [2.05, 4.69) is 48.1 Å². The smallest absolute Gasteiger partial charge is 0.165 e. The second-order valence-corrected chi connectivity index (χ2v) is 6.16. The second kappa shape index (κ2) is 4.72. The molecule has 1 aliphatic heterocycles. The standard InChI is InChI=1S/C12H23N5/c1-10-6-5-7-16(8-10)9-11-13-14-15-17(11)12(2,3)4/h10H,5-9H2,1-4H3/t10-/m0/s1. The van der Waals surface area contributed by atoms with Crippen LogP contribution in [0.2, 0.25) is 0 Å². The maximum absolute atomic E-state index is 4.16. The van der Waals surface area contributed by atoms with Crippen LogP contribution in [0.25, 0.3) is 0 Å². The van der Waals surface area contributed by atoms with Crippen molar-refractivity contribution in [2.45, 2.75) is 52.6 Å². The van der Waals surface area contributed by atoms with E-state index in [1.807, 2.05) is 4.68 Å². The summed E-state index contributed by atoms with van der Waals surface area (Å²) in [7, 11) is 0. The van der Waals surface area contributed by atoms with Crippen LogP contribution in [0.15, 0.2) is 0 Å². The molecular formula is C12H23N5. The van der Waals surface area contributed by atoms with E-state index in [1.165, 1.54) is 19.4 Å². The molecule has 96 valence electrons. The van der Waals surface area contributed by atoms with Gasteiger partial charge in [0.2, 0.25) is 0 Å². The molecule has 0 spiro atoms. The molecule has 1 aliphatic rings. The first-order valence-corrected chi connectivity index (χ1v) is 6.47. The molecule has 2 heterocycles. The summed E-state index contributed by atoms with van der Waals surface area (Å²) in [6.45, 7) is 11.9. The number of aromatic nitrogens is 4. The van der Waals surface area contributed by atoms with Crippen molar-refractivity contribution in [3.05, 3.63) is 5.82 Å². The normalized spacial score (nSPS) is 22.9. The monoisotopic (exact) mass is 237 g/mol. The predicted octanol–water partition coefficient (Wildman–Crippen LogP) is 1.66. The summed E-state index contributed by atoms with van der Waals surface area (Å²) < 4.78 is 1.94. The third-order valence-electron chi connectivity index (χ3n) is 3.28. The SMILES string of the molecule is C[C@H]1CCCN(Cc2nnnn2C(C)(C)C)C1. The van der Waals surface area contributed by atoms with Gasteiger partial charge in [0.1, 0.15) is 0 Å². The topological polar surface area (TPSA) is 46.8 Å². The van der Waals surface area contributed by atoms with Crippen molar-refractivity contribution < 1.29 is 0 Å². The molecule has 1 aromatic rings. The number of nitrogens with zero attached hydrogens (tertiary/aromatic N) is 5. The van der Waals surface area contributed by atoms with Gasteiger partial charge < -0.3 is 0 Å². The predicted molar refractivity (Wildman–Crippen MR) is 66.5 cm³/mol. The third-order valence-corrected chi connectivity index (χ3v) is 3.28. The average molecular weight is 237 g/mol. The molecule has 5 nitrogen and oxygen atoms in total.